The van der Waals surface area contributed by atoms with Crippen molar-refractivity contribution in [1.82, 2.24) is 0 Å². The van der Waals surface area contributed by atoms with Gasteiger partial charge in [0.2, 0.25) is 0 Å². The van der Waals surface area contributed by atoms with Crippen molar-refractivity contribution in [2.75, 3.05) is 0 Å². The number of Topliss-reactive ketones (excluding diaryl/α,β-unsaturated/α-hetero) is 1. The van der Waals surface area contributed by atoms with Crippen LogP contribution in [0.1, 0.15) is 81.6 Å². The van der Waals surface area contributed by atoms with Crippen LogP contribution in [0.2, 0.25) is 0 Å². The molecule has 0 saturated heterocycles. The van der Waals surface area contributed by atoms with E-state index >= 15 is 0 Å². The summed E-state index contributed by atoms with van der Waals surface area (Å²) in [4.78, 5) is 62.1. The molecule has 8 atom stereocenters. The van der Waals surface area contributed by atoms with E-state index in [1.54, 1.807) is 0 Å². The van der Waals surface area contributed by atoms with Crippen molar-refractivity contribution in [3.05, 3.63) is 11.1 Å². The van der Waals surface area contributed by atoms with Crippen molar-refractivity contribution < 1.29 is 42.9 Å². The Morgan fingerprint density at radius 2 is 1.30 bits per heavy atom. The molecule has 9 heteroatoms. The lowest BCUT2D eigenvalue weighted by Crippen LogP contribution is -2.62. The van der Waals surface area contributed by atoms with Crippen LogP contribution in [0.3, 0.4) is 0 Å². The van der Waals surface area contributed by atoms with Gasteiger partial charge in [-0.2, -0.15) is 0 Å². The second kappa shape index (κ2) is 10.2. The lowest BCUT2D eigenvalue weighted by atomic mass is 9.49. The van der Waals surface area contributed by atoms with Crippen LogP contribution in [0.5, 0.6) is 0 Å². The predicted molar refractivity (Wildman–Crippen MR) is 132 cm³/mol. The van der Waals surface area contributed by atoms with Crippen LogP contribution in [-0.4, -0.2) is 54.1 Å². The van der Waals surface area contributed by atoms with Gasteiger partial charge in [-0.15, -0.1) is 0 Å². The zero-order valence-electron chi connectivity index (χ0n) is 23.3. The number of hydrogen-bond donors (Lipinski definition) is 0. The van der Waals surface area contributed by atoms with E-state index in [9.17, 15) is 24.0 Å². The molecule has 0 spiro atoms. The molecule has 0 aromatic heterocycles. The summed E-state index contributed by atoms with van der Waals surface area (Å²) >= 11 is 0. The summed E-state index contributed by atoms with van der Waals surface area (Å²) in [5.74, 6) is -2.98. The highest BCUT2D eigenvalue weighted by molar-refractivity contribution is 5.87. The van der Waals surface area contributed by atoms with Crippen LogP contribution in [0, 0.1) is 28.6 Å². The summed E-state index contributed by atoms with van der Waals surface area (Å²) in [6.45, 7) is 15.0. The molecule has 0 amide bonds. The highest BCUT2D eigenvalue weighted by atomic mass is 16.6. The Hall–Kier alpha value is -2.71. The molecule has 0 aromatic carbocycles. The summed E-state index contributed by atoms with van der Waals surface area (Å²) in [5, 5.41) is 0. The average Bonchev–Trinajstić information content (AvgIpc) is 2.73. The van der Waals surface area contributed by atoms with E-state index in [0.29, 0.717) is 12.8 Å². The maximum absolute atomic E-state index is 13.4. The fourth-order valence-corrected chi connectivity index (χ4v) is 7.29. The number of carbonyl (C=O) groups excluding carboxylic acids is 5. The molecular weight excluding hydrogens is 480 g/mol. The quantitative estimate of drug-likeness (QED) is 0.310. The van der Waals surface area contributed by atoms with E-state index in [-0.39, 0.29) is 30.0 Å². The summed E-state index contributed by atoms with van der Waals surface area (Å²) in [6.07, 6.45) is -2.28. The Balaban J connectivity index is 2.30. The van der Waals surface area contributed by atoms with E-state index in [4.69, 9.17) is 18.9 Å². The lowest BCUT2D eigenvalue weighted by Gasteiger charge is -2.58. The molecule has 2 saturated carbocycles. The van der Waals surface area contributed by atoms with Gasteiger partial charge >= 0.3 is 23.9 Å². The van der Waals surface area contributed by atoms with Gasteiger partial charge < -0.3 is 18.9 Å². The first-order valence-corrected chi connectivity index (χ1v) is 12.9. The SMILES string of the molecule is CC(=O)O[C@H]1C[C@H]2C[C@@H]3C(C)[C@@H](OC(C)=O)C(=O)C[C@@]3(C)[C@@H](OC(C)=O)[C@H](OC(C)=O)C(=C1C)C2(C)C. The molecule has 2 fully saturated rings. The van der Waals surface area contributed by atoms with Gasteiger partial charge in [-0.1, -0.05) is 27.7 Å². The van der Waals surface area contributed by atoms with Crippen LogP contribution < -0.4 is 0 Å². The average molecular weight is 521 g/mol. The Morgan fingerprint density at radius 3 is 1.81 bits per heavy atom. The van der Waals surface area contributed by atoms with Gasteiger partial charge in [-0.3, -0.25) is 24.0 Å². The van der Waals surface area contributed by atoms with Crippen molar-refractivity contribution in [3.8, 4) is 0 Å². The maximum atomic E-state index is 13.4. The Kier molecular flexibility index (Phi) is 7.97. The fraction of sp³-hybridized carbons (Fsp3) is 0.750. The van der Waals surface area contributed by atoms with Crippen LogP contribution in [-0.2, 0) is 42.9 Å². The number of fused-ring (bicyclic) bond motifs is 3. The van der Waals surface area contributed by atoms with Gasteiger partial charge in [0, 0.05) is 45.4 Å². The molecule has 3 aliphatic rings. The van der Waals surface area contributed by atoms with Crippen molar-refractivity contribution >= 4 is 29.7 Å². The van der Waals surface area contributed by atoms with Crippen LogP contribution in [0.15, 0.2) is 11.1 Å². The molecule has 0 N–H and O–H groups in total. The summed E-state index contributed by atoms with van der Waals surface area (Å²) in [6, 6.07) is 0. The first-order chi connectivity index (χ1) is 17.0. The fourth-order valence-electron chi connectivity index (χ4n) is 7.29. The standard InChI is InChI=1S/C28H40O9/c1-13-20-10-19-11-22(34-15(3)29)14(2)23(27(19,7)8)25(36-17(5)31)26(37-18(6)32)28(20,9)12-21(33)24(13)35-16(4)30/h13,19-20,22,24-26H,10-12H2,1-9H3/t13?,19-,20-,22+,24-,25-,26+,28-/m1/s1. The first kappa shape index (κ1) is 28.9. The van der Waals surface area contributed by atoms with Crippen molar-refractivity contribution in [2.45, 2.75) is 106 Å². The molecule has 2 bridgehead atoms. The number of hydrogen-bond acceptors (Lipinski definition) is 9. The van der Waals surface area contributed by atoms with E-state index in [0.717, 1.165) is 11.1 Å². The Morgan fingerprint density at radius 1 is 0.784 bits per heavy atom. The molecule has 0 heterocycles. The third-order valence-corrected chi connectivity index (χ3v) is 8.89. The van der Waals surface area contributed by atoms with Gasteiger partial charge in [0.25, 0.3) is 0 Å². The van der Waals surface area contributed by atoms with Crippen LogP contribution >= 0.6 is 0 Å². The molecular formula is C28H40O9. The predicted octanol–water partition coefficient (Wildman–Crippen LogP) is 3.71. The highest BCUT2D eigenvalue weighted by Gasteiger charge is 2.62. The molecule has 0 aliphatic heterocycles. The van der Waals surface area contributed by atoms with E-state index in [1.165, 1.54) is 27.7 Å². The Bertz CT molecular complexity index is 1020. The second-order valence-electron chi connectivity index (χ2n) is 11.8. The zero-order chi connectivity index (χ0) is 28.0. The van der Waals surface area contributed by atoms with Gasteiger partial charge in [0.05, 0.1) is 0 Å². The largest absolute Gasteiger partial charge is 0.458 e. The van der Waals surface area contributed by atoms with Gasteiger partial charge in [-0.25, -0.2) is 0 Å². The molecule has 3 rings (SSSR count). The molecule has 9 nitrogen and oxygen atoms in total. The van der Waals surface area contributed by atoms with Gasteiger partial charge in [-0.05, 0) is 48.2 Å². The van der Waals surface area contributed by atoms with Crippen molar-refractivity contribution in [1.29, 1.82) is 0 Å². The van der Waals surface area contributed by atoms with E-state index in [1.807, 2.05) is 20.8 Å². The third kappa shape index (κ3) is 5.32. The number of esters is 4. The smallest absolute Gasteiger partial charge is 0.303 e. The third-order valence-electron chi connectivity index (χ3n) is 8.89. The second-order valence-corrected chi connectivity index (χ2v) is 11.8. The Labute approximate surface area is 218 Å². The van der Waals surface area contributed by atoms with Crippen molar-refractivity contribution in [3.63, 3.8) is 0 Å². The molecule has 206 valence electrons. The molecule has 0 radical (unpaired) electrons. The molecule has 1 unspecified atom stereocenters. The summed E-state index contributed by atoms with van der Waals surface area (Å²) in [5.41, 5.74) is 0.0832. The lowest BCUT2D eigenvalue weighted by molar-refractivity contribution is -0.200. The van der Waals surface area contributed by atoms with Gasteiger partial charge in [0.15, 0.2) is 18.0 Å². The first-order valence-electron chi connectivity index (χ1n) is 12.9. The number of carbonyl (C=O) groups is 5. The topological polar surface area (TPSA) is 122 Å². The number of ketones is 1. The molecule has 3 aliphatic carbocycles. The van der Waals surface area contributed by atoms with E-state index < -0.39 is 59.1 Å². The minimum atomic E-state index is -0.990. The maximum Gasteiger partial charge on any atom is 0.303 e. The minimum Gasteiger partial charge on any atom is -0.458 e. The summed E-state index contributed by atoms with van der Waals surface area (Å²) in [7, 11) is 0. The molecule has 37 heavy (non-hydrogen) atoms. The van der Waals surface area contributed by atoms with Crippen LogP contribution in [0.4, 0.5) is 0 Å². The highest BCUT2D eigenvalue weighted by Crippen LogP contribution is 2.60. The number of ether oxygens (including phenoxy) is 4. The number of rotatable bonds is 4. The minimum absolute atomic E-state index is 0.0114. The zero-order valence-corrected chi connectivity index (χ0v) is 23.3. The van der Waals surface area contributed by atoms with Crippen molar-refractivity contribution in [2.24, 2.45) is 28.6 Å². The van der Waals surface area contributed by atoms with Crippen LogP contribution in [0.25, 0.3) is 0 Å². The normalized spacial score (nSPS) is 36.9. The summed E-state index contributed by atoms with van der Waals surface area (Å²) < 4.78 is 23.1. The molecule has 0 aromatic rings. The van der Waals surface area contributed by atoms with Gasteiger partial charge in [0.1, 0.15) is 12.2 Å². The monoisotopic (exact) mass is 520 g/mol. The van der Waals surface area contributed by atoms with E-state index in [2.05, 4.69) is 13.8 Å².